The normalized spacial score (nSPS) is 11.3. The first-order valence-electron chi connectivity index (χ1n) is 5.16. The van der Waals surface area contributed by atoms with Gasteiger partial charge < -0.3 is 0 Å². The Bertz CT molecular complexity index is 414. The molecule has 2 heteroatoms. The molecule has 0 saturated carbocycles. The van der Waals surface area contributed by atoms with Crippen molar-refractivity contribution in [3.63, 3.8) is 0 Å². The van der Waals surface area contributed by atoms with Crippen molar-refractivity contribution in [3.05, 3.63) is 66.8 Å². The van der Waals surface area contributed by atoms with Crippen LogP contribution in [0, 0.1) is 21.0 Å². The summed E-state index contributed by atoms with van der Waals surface area (Å²) < 4.78 is 2.91. The van der Waals surface area contributed by atoms with Crippen molar-refractivity contribution in [1.82, 2.24) is 0 Å². The number of rotatable bonds is 2. The van der Waals surface area contributed by atoms with E-state index in [0.717, 1.165) is 0 Å². The topological polar surface area (TPSA) is 0 Å². The molecule has 2 rings (SSSR count). The van der Waals surface area contributed by atoms with E-state index < -0.39 is 17.6 Å². The summed E-state index contributed by atoms with van der Waals surface area (Å²) in [6.07, 6.45) is 0. The Hall–Kier alpha value is -0.350. The zero-order chi connectivity index (χ0) is 11.5. The summed E-state index contributed by atoms with van der Waals surface area (Å²) in [7, 11) is 0. The summed E-state index contributed by atoms with van der Waals surface area (Å²) in [6.45, 7) is 4.25. The van der Waals surface area contributed by atoms with Crippen molar-refractivity contribution in [1.29, 1.82) is 0 Å². The van der Waals surface area contributed by atoms with E-state index in [1.165, 1.54) is 18.3 Å². The van der Waals surface area contributed by atoms with Crippen molar-refractivity contribution in [2.75, 3.05) is 0 Å². The van der Waals surface area contributed by atoms with E-state index >= 15 is 0 Å². The molecule has 84 valence electrons. The molecule has 2 aromatic rings. The van der Waals surface area contributed by atoms with E-state index in [2.05, 4.69) is 75.1 Å². The Morgan fingerprint density at radius 3 is 1.31 bits per heavy atom. The average molecular weight is 389 g/mol. The van der Waals surface area contributed by atoms with E-state index in [9.17, 15) is 0 Å². The molecule has 0 bridgehead atoms. The summed E-state index contributed by atoms with van der Waals surface area (Å²) in [5.74, 6) is 0. The van der Waals surface area contributed by atoms with Crippen LogP contribution in [-0.4, -0.2) is 0 Å². The zero-order valence-electron chi connectivity index (χ0n) is 9.37. The van der Waals surface area contributed by atoms with Crippen LogP contribution in [0.25, 0.3) is 0 Å². The second kappa shape index (κ2) is 5.32. The van der Waals surface area contributed by atoms with Gasteiger partial charge in [-0.15, -0.1) is 0 Å². The van der Waals surface area contributed by atoms with Gasteiger partial charge in [0.25, 0.3) is 0 Å². The van der Waals surface area contributed by atoms with Gasteiger partial charge in [-0.3, -0.25) is 0 Å². The molecule has 0 aromatic heterocycles. The monoisotopic (exact) mass is 388 g/mol. The van der Waals surface area contributed by atoms with Gasteiger partial charge in [0, 0.05) is 0 Å². The Labute approximate surface area is 110 Å². The van der Waals surface area contributed by atoms with Crippen molar-refractivity contribution < 1.29 is 0 Å². The molecule has 16 heavy (non-hydrogen) atoms. The molecule has 0 spiro atoms. The van der Waals surface area contributed by atoms with E-state index in [-0.39, 0.29) is 0 Å². The first-order valence-corrected chi connectivity index (χ1v) is 12.2. The molecule has 0 aliphatic rings. The van der Waals surface area contributed by atoms with E-state index in [0.29, 0.717) is 0 Å². The van der Waals surface area contributed by atoms with Crippen LogP contribution in [0.2, 0.25) is 0 Å². The SMILES string of the molecule is Cc1ccc(I(Br)c2ccc(C)cc2)cc1. The second-order valence-electron chi connectivity index (χ2n) is 3.83. The van der Waals surface area contributed by atoms with Crippen LogP contribution in [-0.2, 0) is 0 Å². The van der Waals surface area contributed by atoms with Crippen molar-refractivity contribution >= 4 is 30.3 Å². The van der Waals surface area contributed by atoms with Crippen LogP contribution < -0.4 is 0 Å². The van der Waals surface area contributed by atoms with E-state index in [4.69, 9.17) is 0 Å². The van der Waals surface area contributed by atoms with Gasteiger partial charge in [0.1, 0.15) is 0 Å². The van der Waals surface area contributed by atoms with Crippen molar-refractivity contribution in [3.8, 4) is 0 Å². The van der Waals surface area contributed by atoms with E-state index in [1.54, 1.807) is 0 Å². The van der Waals surface area contributed by atoms with Gasteiger partial charge >= 0.3 is 111 Å². The Morgan fingerprint density at radius 2 is 1.00 bits per heavy atom. The molecule has 0 heterocycles. The van der Waals surface area contributed by atoms with Gasteiger partial charge in [-0.2, -0.15) is 0 Å². The van der Waals surface area contributed by atoms with Gasteiger partial charge in [-0.1, -0.05) is 0 Å². The second-order valence-corrected chi connectivity index (χ2v) is 11.7. The van der Waals surface area contributed by atoms with Gasteiger partial charge in [-0.25, -0.2) is 0 Å². The fourth-order valence-electron chi connectivity index (χ4n) is 1.41. The van der Waals surface area contributed by atoms with Crippen LogP contribution >= 0.6 is 30.3 Å². The molecule has 2 aromatic carbocycles. The van der Waals surface area contributed by atoms with Crippen molar-refractivity contribution in [2.24, 2.45) is 0 Å². The molecule has 0 amide bonds. The molecule has 0 nitrogen and oxygen atoms in total. The molecule has 0 N–H and O–H groups in total. The summed E-state index contributed by atoms with van der Waals surface area (Å²) in [4.78, 5) is 0. The number of hydrogen-bond acceptors (Lipinski definition) is 0. The third kappa shape index (κ3) is 2.86. The van der Waals surface area contributed by atoms with Crippen LogP contribution in [0.5, 0.6) is 0 Å². The van der Waals surface area contributed by atoms with Gasteiger partial charge in [0.2, 0.25) is 0 Å². The predicted molar refractivity (Wildman–Crippen MR) is 82.7 cm³/mol. The van der Waals surface area contributed by atoms with Gasteiger partial charge in [-0.05, 0) is 0 Å². The zero-order valence-corrected chi connectivity index (χ0v) is 13.1. The molecule has 0 fully saturated rings. The summed E-state index contributed by atoms with van der Waals surface area (Å²) >= 11 is 2.57. The fourth-order valence-corrected chi connectivity index (χ4v) is 6.80. The third-order valence-electron chi connectivity index (χ3n) is 2.40. The Kier molecular flexibility index (Phi) is 4.03. The molecule has 0 saturated heterocycles. The Balaban J connectivity index is 2.28. The molecular weight excluding hydrogens is 375 g/mol. The first kappa shape index (κ1) is 12.1. The molecular formula is C14H14BrI. The number of hydrogen-bond donors (Lipinski definition) is 0. The van der Waals surface area contributed by atoms with Crippen molar-refractivity contribution in [2.45, 2.75) is 13.8 Å². The minimum absolute atomic E-state index is 1.32. The standard InChI is InChI=1S/C14H14BrI/c1-11-3-7-13(8-4-11)16(15)14-9-5-12(2)6-10-14/h3-10H,1-2H3. The summed E-state index contributed by atoms with van der Waals surface area (Å²) in [5, 5.41) is 0. The number of aryl methyl sites for hydroxylation is 2. The molecule has 0 atom stereocenters. The van der Waals surface area contributed by atoms with Crippen LogP contribution in [0.4, 0.5) is 0 Å². The number of halogens is 2. The predicted octanol–water partition coefficient (Wildman–Crippen LogP) is 5.16. The molecule has 0 aliphatic heterocycles. The van der Waals surface area contributed by atoms with Gasteiger partial charge in [0.15, 0.2) is 0 Å². The van der Waals surface area contributed by atoms with Crippen LogP contribution in [0.3, 0.4) is 0 Å². The summed E-state index contributed by atoms with van der Waals surface area (Å²) in [6, 6.07) is 17.7. The average Bonchev–Trinajstić information content (AvgIpc) is 2.30. The molecule has 0 aliphatic carbocycles. The minimum atomic E-state index is -1.33. The maximum absolute atomic E-state index is 3.90. The quantitative estimate of drug-likeness (QED) is 0.623. The van der Waals surface area contributed by atoms with E-state index in [1.807, 2.05) is 0 Å². The Morgan fingerprint density at radius 1 is 0.688 bits per heavy atom. The van der Waals surface area contributed by atoms with Crippen LogP contribution in [0.1, 0.15) is 11.1 Å². The van der Waals surface area contributed by atoms with Crippen LogP contribution in [0.15, 0.2) is 48.5 Å². The first-order chi connectivity index (χ1) is 7.66. The third-order valence-corrected chi connectivity index (χ3v) is 10.7. The maximum atomic E-state index is 3.90. The fraction of sp³-hybridized carbons (Fsp3) is 0.143. The molecule has 0 unspecified atom stereocenters. The molecule has 0 radical (unpaired) electrons. The summed E-state index contributed by atoms with van der Waals surface area (Å²) in [5.41, 5.74) is 2.65. The van der Waals surface area contributed by atoms with Gasteiger partial charge in [0.05, 0.1) is 0 Å². The number of benzene rings is 2.